The number of aromatic nitrogens is 2. The summed E-state index contributed by atoms with van der Waals surface area (Å²) in [5.74, 6) is -3.03. The van der Waals surface area contributed by atoms with Gasteiger partial charge in [-0.05, 0) is 24.5 Å². The van der Waals surface area contributed by atoms with E-state index >= 15 is 0 Å². The van der Waals surface area contributed by atoms with Crippen LogP contribution in [0.25, 0.3) is 0 Å². The van der Waals surface area contributed by atoms with Crippen molar-refractivity contribution < 1.29 is 37.3 Å². The fraction of sp³-hybridized carbons (Fsp3) is 0.393. The molecule has 5 rings (SSSR count). The molecule has 0 radical (unpaired) electrons. The van der Waals surface area contributed by atoms with Gasteiger partial charge in [0.15, 0.2) is 0 Å². The molecule has 4 N–H and O–H groups in total. The van der Waals surface area contributed by atoms with Crippen LogP contribution in [0.3, 0.4) is 0 Å². The number of halogens is 3. The number of aryl methyl sites for hydroxylation is 1. The minimum absolute atomic E-state index is 0.251. The summed E-state index contributed by atoms with van der Waals surface area (Å²) in [6.07, 6.45) is -4.03. The van der Waals surface area contributed by atoms with Crippen molar-refractivity contribution in [3.8, 4) is 0 Å². The lowest BCUT2D eigenvalue weighted by atomic mass is 9.99. The molecular formula is C28H30F3N3O7. The van der Waals surface area contributed by atoms with Gasteiger partial charge < -0.3 is 25.1 Å². The number of fused-ring (bicyclic) bond motifs is 2. The summed E-state index contributed by atoms with van der Waals surface area (Å²) in [6, 6.07) is 19.6. The minimum Gasteiger partial charge on any atom is -0.475 e. The van der Waals surface area contributed by atoms with Crippen molar-refractivity contribution in [2.45, 2.75) is 56.7 Å². The van der Waals surface area contributed by atoms with Crippen molar-refractivity contribution >= 4 is 5.97 Å². The quantitative estimate of drug-likeness (QED) is 0.371. The lowest BCUT2D eigenvalue weighted by molar-refractivity contribution is -0.192. The van der Waals surface area contributed by atoms with Crippen LogP contribution in [-0.4, -0.2) is 51.2 Å². The van der Waals surface area contributed by atoms with E-state index in [9.17, 15) is 22.8 Å². The normalized spacial score (nSPS) is 25.0. The molecule has 220 valence electrons. The maximum absolute atomic E-state index is 12.7. The van der Waals surface area contributed by atoms with Gasteiger partial charge in [0.2, 0.25) is 0 Å². The maximum atomic E-state index is 12.7. The number of H-pyrrole nitrogens is 1. The third kappa shape index (κ3) is 6.93. The summed E-state index contributed by atoms with van der Waals surface area (Å²) in [4.78, 5) is 35.8. The van der Waals surface area contributed by atoms with Crippen LogP contribution >= 0.6 is 0 Å². The zero-order chi connectivity index (χ0) is 29.8. The minimum atomic E-state index is -5.08. The predicted molar refractivity (Wildman–Crippen MR) is 140 cm³/mol. The first-order chi connectivity index (χ1) is 19.4. The van der Waals surface area contributed by atoms with Gasteiger partial charge in [0.1, 0.15) is 11.8 Å². The van der Waals surface area contributed by atoms with Gasteiger partial charge in [-0.3, -0.25) is 14.3 Å². The number of nitrogens with one attached hydrogen (secondary N) is 1. The van der Waals surface area contributed by atoms with Crippen molar-refractivity contribution in [2.75, 3.05) is 6.61 Å². The molecule has 2 aliphatic rings. The van der Waals surface area contributed by atoms with E-state index in [1.54, 1.807) is 6.92 Å². The van der Waals surface area contributed by atoms with Gasteiger partial charge in [-0.1, -0.05) is 60.7 Å². The highest BCUT2D eigenvalue weighted by molar-refractivity contribution is 5.73. The number of benzene rings is 2. The Bertz CT molecular complexity index is 1450. The Morgan fingerprint density at radius 1 is 1.10 bits per heavy atom. The Balaban J connectivity index is 0.000000493. The van der Waals surface area contributed by atoms with Crippen molar-refractivity contribution in [2.24, 2.45) is 11.7 Å². The van der Waals surface area contributed by atoms with Gasteiger partial charge in [-0.15, -0.1) is 0 Å². The number of carboxylic acid groups (broad SMARTS) is 1. The number of ether oxygens (including phenoxy) is 3. The van der Waals surface area contributed by atoms with Crippen LogP contribution in [0.1, 0.15) is 29.3 Å². The van der Waals surface area contributed by atoms with Crippen LogP contribution in [0.2, 0.25) is 0 Å². The highest BCUT2D eigenvalue weighted by atomic mass is 19.4. The predicted octanol–water partition coefficient (Wildman–Crippen LogP) is 2.90. The van der Waals surface area contributed by atoms with E-state index in [1.165, 1.54) is 10.8 Å². The molecule has 2 heterocycles. The monoisotopic (exact) mass is 577 g/mol. The molecule has 1 saturated carbocycles. The Hall–Kier alpha value is -3.78. The molecule has 2 aromatic carbocycles. The molecule has 2 bridgehead atoms. The van der Waals surface area contributed by atoms with E-state index in [0.29, 0.717) is 25.2 Å². The molecule has 1 saturated heterocycles. The van der Waals surface area contributed by atoms with Crippen molar-refractivity contribution in [3.63, 3.8) is 0 Å². The average molecular weight is 578 g/mol. The topological polar surface area (TPSA) is 146 Å². The van der Waals surface area contributed by atoms with Crippen LogP contribution in [-0.2, 0) is 32.2 Å². The van der Waals surface area contributed by atoms with Crippen molar-refractivity contribution in [1.82, 2.24) is 9.55 Å². The molecule has 5 atom stereocenters. The fourth-order valence-corrected chi connectivity index (χ4v) is 5.15. The standard InChI is InChI=1S/C26H29N3O5.C2HF3O2/c1-17-13-29(25(31)28-23(17)30)24-21-20(27)12-26(34-24,16-32-14-18-8-4-2-5-9-18)22(21)33-15-19-10-6-3-7-11-19;3-2(4,5)1(6)7/h2-11,13,20-22,24H,12,14-16,27H2,1H3,(H,28,30,31);(H,6,7)/t20-,21+,22-,24+,26+;/m0./s1. The SMILES string of the molecule is Cc1cn([C@@H]2O[C@@]3(COCc4ccccc4)C[C@H](N)[C@@H]2[C@@H]3OCc2ccccc2)c(=O)[nH]c1=O.O=C(O)C(F)(F)F. The summed E-state index contributed by atoms with van der Waals surface area (Å²) in [7, 11) is 0. The molecule has 10 nitrogen and oxygen atoms in total. The van der Waals surface area contributed by atoms with Crippen LogP contribution in [0.15, 0.2) is 76.4 Å². The number of carbonyl (C=O) groups is 1. The Labute approximate surface area is 232 Å². The van der Waals surface area contributed by atoms with Gasteiger partial charge in [-0.2, -0.15) is 13.2 Å². The third-order valence-electron chi connectivity index (χ3n) is 7.02. The molecule has 13 heteroatoms. The Morgan fingerprint density at radius 2 is 1.66 bits per heavy atom. The van der Waals surface area contributed by atoms with Gasteiger partial charge in [0.05, 0.1) is 25.9 Å². The largest absolute Gasteiger partial charge is 0.490 e. The molecule has 0 unspecified atom stereocenters. The van der Waals surface area contributed by atoms with Gasteiger partial charge in [-0.25, -0.2) is 9.59 Å². The van der Waals surface area contributed by atoms with E-state index in [1.807, 2.05) is 60.7 Å². The molecule has 3 aromatic rings. The Kier molecular flexibility index (Phi) is 9.12. The summed E-state index contributed by atoms with van der Waals surface area (Å²) in [6.45, 7) is 2.76. The highest BCUT2D eigenvalue weighted by Crippen LogP contribution is 2.53. The summed E-state index contributed by atoms with van der Waals surface area (Å²) >= 11 is 0. The molecule has 0 spiro atoms. The first-order valence-electron chi connectivity index (χ1n) is 12.7. The van der Waals surface area contributed by atoms with Crippen LogP contribution in [0.4, 0.5) is 13.2 Å². The molecule has 41 heavy (non-hydrogen) atoms. The van der Waals surface area contributed by atoms with Gasteiger partial charge in [0.25, 0.3) is 5.56 Å². The van der Waals surface area contributed by atoms with E-state index < -0.39 is 35.2 Å². The smallest absolute Gasteiger partial charge is 0.475 e. The first-order valence-corrected chi connectivity index (χ1v) is 12.7. The lowest BCUT2D eigenvalue weighted by Gasteiger charge is -2.34. The average Bonchev–Trinajstić information content (AvgIpc) is 3.38. The van der Waals surface area contributed by atoms with Crippen molar-refractivity contribution in [3.05, 3.63) is 104 Å². The lowest BCUT2D eigenvalue weighted by Crippen LogP contribution is -2.46. The molecule has 2 fully saturated rings. The Morgan fingerprint density at radius 3 is 2.22 bits per heavy atom. The number of hydrogen-bond donors (Lipinski definition) is 3. The number of alkyl halides is 3. The van der Waals surface area contributed by atoms with Crippen LogP contribution in [0.5, 0.6) is 0 Å². The molecular weight excluding hydrogens is 547 g/mol. The second-order valence-corrected chi connectivity index (χ2v) is 10.00. The number of carboxylic acids is 1. The van der Waals surface area contributed by atoms with Crippen molar-refractivity contribution in [1.29, 1.82) is 0 Å². The van der Waals surface area contributed by atoms with E-state index in [4.69, 9.17) is 29.8 Å². The first kappa shape index (κ1) is 30.2. The molecule has 1 aromatic heterocycles. The number of hydrogen-bond acceptors (Lipinski definition) is 7. The maximum Gasteiger partial charge on any atom is 0.490 e. The number of nitrogens with two attached hydrogens (primary N) is 1. The van der Waals surface area contributed by atoms with Crippen LogP contribution in [0, 0.1) is 12.8 Å². The fourth-order valence-electron chi connectivity index (χ4n) is 5.15. The zero-order valence-corrected chi connectivity index (χ0v) is 22.0. The van der Waals surface area contributed by atoms with E-state index in [2.05, 4.69) is 4.98 Å². The number of aromatic amines is 1. The van der Waals surface area contributed by atoms with Gasteiger partial charge >= 0.3 is 17.8 Å². The van der Waals surface area contributed by atoms with Gasteiger partial charge in [0, 0.05) is 23.7 Å². The highest BCUT2D eigenvalue weighted by Gasteiger charge is 2.65. The zero-order valence-electron chi connectivity index (χ0n) is 22.0. The van der Waals surface area contributed by atoms with E-state index in [-0.39, 0.29) is 24.7 Å². The van der Waals surface area contributed by atoms with Crippen LogP contribution < -0.4 is 17.0 Å². The second-order valence-electron chi connectivity index (χ2n) is 10.00. The number of rotatable bonds is 8. The summed E-state index contributed by atoms with van der Waals surface area (Å²) < 4.78 is 52.2. The summed E-state index contributed by atoms with van der Waals surface area (Å²) in [5, 5.41) is 7.12. The number of aliphatic carboxylic acids is 1. The third-order valence-corrected chi connectivity index (χ3v) is 7.02. The van der Waals surface area contributed by atoms with E-state index in [0.717, 1.165) is 11.1 Å². The molecule has 1 aliphatic heterocycles. The molecule has 0 amide bonds. The second kappa shape index (κ2) is 12.4. The molecule has 1 aliphatic carbocycles. The summed E-state index contributed by atoms with van der Waals surface area (Å²) in [5.41, 5.74) is 7.37. The number of nitrogens with zero attached hydrogens (tertiary/aromatic N) is 1.